The van der Waals surface area contributed by atoms with E-state index in [1.165, 1.54) is 0 Å². The molecule has 0 saturated carbocycles. The van der Waals surface area contributed by atoms with E-state index in [2.05, 4.69) is 0 Å². The monoisotopic (exact) mass is 124 g/mol. The predicted molar refractivity (Wildman–Crippen MR) is 38.8 cm³/mol. The highest BCUT2D eigenvalue weighted by molar-refractivity contribution is 5.24. The SMILES string of the molecule is CC1(N)C=CC=CC1N. The highest BCUT2D eigenvalue weighted by Gasteiger charge is 2.22. The van der Waals surface area contributed by atoms with E-state index in [1.54, 1.807) is 0 Å². The first kappa shape index (κ1) is 6.52. The Kier molecular flexibility index (Phi) is 1.43. The summed E-state index contributed by atoms with van der Waals surface area (Å²) in [5, 5.41) is 0. The number of rotatable bonds is 0. The lowest BCUT2D eigenvalue weighted by Crippen LogP contribution is -2.51. The molecule has 2 heteroatoms. The Labute approximate surface area is 55.2 Å². The molecular formula is C7H12N2. The Morgan fingerprint density at radius 2 is 2.11 bits per heavy atom. The van der Waals surface area contributed by atoms with E-state index in [0.29, 0.717) is 0 Å². The van der Waals surface area contributed by atoms with Crippen molar-refractivity contribution in [2.24, 2.45) is 11.5 Å². The molecule has 50 valence electrons. The lowest BCUT2D eigenvalue weighted by molar-refractivity contribution is 0.515. The molecule has 0 radical (unpaired) electrons. The summed E-state index contributed by atoms with van der Waals surface area (Å²) in [5.74, 6) is 0. The predicted octanol–water partition coefficient (Wildman–Crippen LogP) is 0.157. The normalized spacial score (nSPS) is 41.4. The van der Waals surface area contributed by atoms with E-state index in [4.69, 9.17) is 11.5 Å². The third-order valence-electron chi connectivity index (χ3n) is 1.60. The molecule has 1 rings (SSSR count). The molecule has 0 bridgehead atoms. The molecule has 0 aromatic carbocycles. The number of hydrogen-bond donors (Lipinski definition) is 2. The van der Waals surface area contributed by atoms with Gasteiger partial charge in [-0.1, -0.05) is 24.3 Å². The summed E-state index contributed by atoms with van der Waals surface area (Å²) in [6, 6.07) is -0.0394. The Morgan fingerprint density at radius 1 is 1.44 bits per heavy atom. The summed E-state index contributed by atoms with van der Waals surface area (Å²) in [7, 11) is 0. The van der Waals surface area contributed by atoms with Crippen LogP contribution in [-0.2, 0) is 0 Å². The first-order chi connectivity index (χ1) is 4.13. The maximum Gasteiger partial charge on any atom is 0.0503 e. The molecular weight excluding hydrogens is 112 g/mol. The summed E-state index contributed by atoms with van der Waals surface area (Å²) < 4.78 is 0. The third kappa shape index (κ3) is 1.20. The van der Waals surface area contributed by atoms with Crippen LogP contribution in [-0.4, -0.2) is 11.6 Å². The van der Waals surface area contributed by atoms with E-state index < -0.39 is 0 Å². The molecule has 4 N–H and O–H groups in total. The van der Waals surface area contributed by atoms with Crippen LogP contribution in [0.15, 0.2) is 24.3 Å². The van der Waals surface area contributed by atoms with Crippen molar-refractivity contribution in [1.29, 1.82) is 0 Å². The van der Waals surface area contributed by atoms with Crippen molar-refractivity contribution in [3.8, 4) is 0 Å². The van der Waals surface area contributed by atoms with Gasteiger partial charge >= 0.3 is 0 Å². The summed E-state index contributed by atoms with van der Waals surface area (Å²) in [6.45, 7) is 1.91. The second kappa shape index (κ2) is 1.97. The Morgan fingerprint density at radius 3 is 2.44 bits per heavy atom. The van der Waals surface area contributed by atoms with Crippen LogP contribution in [0.2, 0.25) is 0 Å². The minimum atomic E-state index is -0.352. The van der Waals surface area contributed by atoms with Gasteiger partial charge in [0, 0.05) is 6.04 Å². The van der Waals surface area contributed by atoms with Crippen molar-refractivity contribution < 1.29 is 0 Å². The van der Waals surface area contributed by atoms with E-state index >= 15 is 0 Å². The second-order valence-electron chi connectivity index (χ2n) is 2.64. The smallest absolute Gasteiger partial charge is 0.0503 e. The minimum absolute atomic E-state index is 0.0394. The fourth-order valence-corrected chi connectivity index (χ4v) is 0.765. The average Bonchev–Trinajstić information content (AvgIpc) is 1.77. The minimum Gasteiger partial charge on any atom is -0.323 e. The first-order valence-electron chi connectivity index (χ1n) is 3.03. The maximum absolute atomic E-state index is 5.76. The molecule has 0 aliphatic heterocycles. The molecule has 2 unspecified atom stereocenters. The molecule has 2 nitrogen and oxygen atoms in total. The van der Waals surface area contributed by atoms with Gasteiger partial charge in [0.2, 0.25) is 0 Å². The molecule has 0 amide bonds. The number of nitrogens with two attached hydrogens (primary N) is 2. The first-order valence-corrected chi connectivity index (χ1v) is 3.03. The van der Waals surface area contributed by atoms with E-state index in [0.717, 1.165) is 0 Å². The van der Waals surface area contributed by atoms with Gasteiger partial charge < -0.3 is 11.5 Å². The zero-order valence-electron chi connectivity index (χ0n) is 5.54. The summed E-state index contributed by atoms with van der Waals surface area (Å²) in [4.78, 5) is 0. The fraction of sp³-hybridized carbons (Fsp3) is 0.429. The van der Waals surface area contributed by atoms with Crippen LogP contribution in [0.5, 0.6) is 0 Å². The maximum atomic E-state index is 5.76. The Bertz CT molecular complexity index is 156. The van der Waals surface area contributed by atoms with Crippen LogP contribution in [0.4, 0.5) is 0 Å². The van der Waals surface area contributed by atoms with Crippen molar-refractivity contribution >= 4 is 0 Å². The molecule has 1 aliphatic carbocycles. The molecule has 1 aliphatic rings. The lowest BCUT2D eigenvalue weighted by Gasteiger charge is -2.27. The largest absolute Gasteiger partial charge is 0.323 e. The molecule has 0 aromatic rings. The van der Waals surface area contributed by atoms with Gasteiger partial charge in [0.15, 0.2) is 0 Å². The van der Waals surface area contributed by atoms with Gasteiger partial charge in [-0.05, 0) is 6.92 Å². The van der Waals surface area contributed by atoms with Gasteiger partial charge in [-0.2, -0.15) is 0 Å². The van der Waals surface area contributed by atoms with E-state index in [9.17, 15) is 0 Å². The lowest BCUT2D eigenvalue weighted by atomic mass is 9.90. The molecule has 0 spiro atoms. The van der Waals surface area contributed by atoms with Crippen LogP contribution in [0, 0.1) is 0 Å². The van der Waals surface area contributed by atoms with Crippen molar-refractivity contribution in [3.63, 3.8) is 0 Å². The summed E-state index contributed by atoms with van der Waals surface area (Å²) in [6.07, 6.45) is 7.65. The molecule has 0 aromatic heterocycles. The van der Waals surface area contributed by atoms with E-state index in [-0.39, 0.29) is 11.6 Å². The average molecular weight is 124 g/mol. The molecule has 0 heterocycles. The Balaban J connectivity index is 2.78. The van der Waals surface area contributed by atoms with Crippen molar-refractivity contribution in [2.75, 3.05) is 0 Å². The summed E-state index contributed by atoms with van der Waals surface area (Å²) in [5.41, 5.74) is 11.1. The molecule has 0 fully saturated rings. The quantitative estimate of drug-likeness (QED) is 0.483. The highest BCUT2D eigenvalue weighted by Crippen LogP contribution is 2.11. The molecule has 2 atom stereocenters. The van der Waals surface area contributed by atoms with Crippen LogP contribution in [0.1, 0.15) is 6.92 Å². The van der Waals surface area contributed by atoms with Gasteiger partial charge in [-0.15, -0.1) is 0 Å². The Hall–Kier alpha value is -0.600. The number of allylic oxidation sites excluding steroid dienone is 2. The van der Waals surface area contributed by atoms with Crippen LogP contribution in [0.25, 0.3) is 0 Å². The van der Waals surface area contributed by atoms with Crippen molar-refractivity contribution in [3.05, 3.63) is 24.3 Å². The zero-order valence-corrected chi connectivity index (χ0v) is 5.54. The molecule has 9 heavy (non-hydrogen) atoms. The van der Waals surface area contributed by atoms with Gasteiger partial charge in [0.25, 0.3) is 0 Å². The van der Waals surface area contributed by atoms with Gasteiger partial charge in [0.05, 0.1) is 5.54 Å². The van der Waals surface area contributed by atoms with Crippen LogP contribution >= 0.6 is 0 Å². The summed E-state index contributed by atoms with van der Waals surface area (Å²) >= 11 is 0. The third-order valence-corrected chi connectivity index (χ3v) is 1.60. The van der Waals surface area contributed by atoms with E-state index in [1.807, 2.05) is 31.2 Å². The van der Waals surface area contributed by atoms with Gasteiger partial charge in [-0.3, -0.25) is 0 Å². The highest BCUT2D eigenvalue weighted by atomic mass is 14.8. The number of hydrogen-bond acceptors (Lipinski definition) is 2. The van der Waals surface area contributed by atoms with Crippen molar-refractivity contribution in [1.82, 2.24) is 0 Å². The standard InChI is InChI=1S/C7H12N2/c1-7(9)5-3-2-4-6(7)8/h2-6H,8-9H2,1H3. The molecule has 0 saturated heterocycles. The topological polar surface area (TPSA) is 52.0 Å². The van der Waals surface area contributed by atoms with Crippen molar-refractivity contribution in [2.45, 2.75) is 18.5 Å². The van der Waals surface area contributed by atoms with Crippen LogP contribution in [0.3, 0.4) is 0 Å². The second-order valence-corrected chi connectivity index (χ2v) is 2.64. The van der Waals surface area contributed by atoms with Gasteiger partial charge in [0.1, 0.15) is 0 Å². The van der Waals surface area contributed by atoms with Gasteiger partial charge in [-0.25, -0.2) is 0 Å². The van der Waals surface area contributed by atoms with Crippen LogP contribution < -0.4 is 11.5 Å². The fourth-order valence-electron chi connectivity index (χ4n) is 0.765. The zero-order chi connectivity index (χ0) is 6.91.